The number of methoxy groups -OCH3 is 1. The Bertz CT molecular complexity index is 1250. The number of nitrogens with zero attached hydrogens (tertiary/aromatic N) is 1. The summed E-state index contributed by atoms with van der Waals surface area (Å²) in [5, 5.41) is 6.43. The predicted molar refractivity (Wildman–Crippen MR) is 139 cm³/mol. The van der Waals surface area contributed by atoms with Gasteiger partial charge in [0.1, 0.15) is 5.75 Å². The van der Waals surface area contributed by atoms with Crippen molar-refractivity contribution >= 4 is 24.0 Å². The van der Waals surface area contributed by atoms with Crippen LogP contribution in [0.25, 0.3) is 0 Å². The summed E-state index contributed by atoms with van der Waals surface area (Å²) < 4.78 is 16.3. The average Bonchev–Trinajstić information content (AvgIpc) is 2.91. The second-order valence-electron chi connectivity index (χ2n) is 8.01. The van der Waals surface area contributed by atoms with Gasteiger partial charge in [-0.1, -0.05) is 24.6 Å². The highest BCUT2D eigenvalue weighted by molar-refractivity contribution is 5.96. The smallest absolute Gasteiger partial charge is 0.343 e. The van der Waals surface area contributed by atoms with Crippen molar-refractivity contribution < 1.29 is 28.6 Å². The lowest BCUT2D eigenvalue weighted by molar-refractivity contribution is -0.120. The highest BCUT2D eigenvalue weighted by Gasteiger charge is 2.13. The number of carbonyl (C=O) groups excluding carboxylic acids is 3. The molecule has 9 nitrogen and oxygen atoms in total. The second-order valence-corrected chi connectivity index (χ2v) is 8.01. The van der Waals surface area contributed by atoms with Crippen molar-refractivity contribution in [3.8, 4) is 17.2 Å². The fraction of sp³-hybridized carbons (Fsp3) is 0.214. The monoisotopic (exact) mass is 503 g/mol. The Labute approximate surface area is 215 Å². The number of nitrogens with one attached hydrogen (secondary N) is 2. The molecule has 9 heteroatoms. The van der Waals surface area contributed by atoms with Crippen molar-refractivity contribution in [1.29, 1.82) is 0 Å². The predicted octanol–water partition coefficient (Wildman–Crippen LogP) is 3.89. The van der Waals surface area contributed by atoms with Crippen LogP contribution in [-0.2, 0) is 4.79 Å². The van der Waals surface area contributed by atoms with Crippen molar-refractivity contribution in [2.45, 2.75) is 20.3 Å². The summed E-state index contributed by atoms with van der Waals surface area (Å²) in [5.74, 6) is -0.145. The van der Waals surface area contributed by atoms with Gasteiger partial charge in [0, 0.05) is 5.56 Å². The minimum atomic E-state index is -0.540. The molecule has 0 fully saturated rings. The zero-order valence-corrected chi connectivity index (χ0v) is 20.9. The molecule has 3 aromatic rings. The van der Waals surface area contributed by atoms with Gasteiger partial charge in [0.25, 0.3) is 11.8 Å². The molecule has 2 N–H and O–H groups in total. The van der Waals surface area contributed by atoms with E-state index >= 15 is 0 Å². The van der Waals surface area contributed by atoms with Gasteiger partial charge in [-0.2, -0.15) is 5.10 Å². The Balaban J connectivity index is 1.52. The molecule has 192 valence electrons. The van der Waals surface area contributed by atoms with Crippen LogP contribution < -0.4 is 25.0 Å². The number of esters is 1. The fourth-order valence-corrected chi connectivity index (χ4v) is 3.10. The van der Waals surface area contributed by atoms with E-state index in [-0.39, 0.29) is 18.2 Å². The highest BCUT2D eigenvalue weighted by atomic mass is 16.6. The maximum Gasteiger partial charge on any atom is 0.343 e. The molecule has 0 aliphatic rings. The van der Waals surface area contributed by atoms with Gasteiger partial charge in [0.05, 0.1) is 32.0 Å². The van der Waals surface area contributed by atoms with Crippen molar-refractivity contribution in [1.82, 2.24) is 10.7 Å². The number of hydrogen-bond donors (Lipinski definition) is 2. The normalized spacial score (nSPS) is 10.6. The zero-order chi connectivity index (χ0) is 26.6. The summed E-state index contributed by atoms with van der Waals surface area (Å²) in [6.45, 7) is 4.31. The SMILES string of the molecule is CCCOc1ccc(C(=O)Oc2ccc(/C=N\NC(=O)CNC(=O)c3ccc(C)cc3)cc2OC)cc1. The maximum absolute atomic E-state index is 12.5. The van der Waals surface area contributed by atoms with Crippen molar-refractivity contribution in [3.05, 3.63) is 89.0 Å². The molecule has 0 unspecified atom stereocenters. The summed E-state index contributed by atoms with van der Waals surface area (Å²) >= 11 is 0. The van der Waals surface area contributed by atoms with Gasteiger partial charge in [0.2, 0.25) is 0 Å². The number of aryl methyl sites for hydroxylation is 1. The molecule has 3 aromatic carbocycles. The lowest BCUT2D eigenvalue weighted by Gasteiger charge is -2.10. The van der Waals surface area contributed by atoms with Crippen LogP contribution >= 0.6 is 0 Å². The number of amides is 2. The van der Waals surface area contributed by atoms with Gasteiger partial charge >= 0.3 is 5.97 Å². The topological polar surface area (TPSA) is 115 Å². The number of benzene rings is 3. The standard InChI is InChI=1S/C28H29N3O6/c1-4-15-36-23-12-10-22(11-13-23)28(34)37-24-14-7-20(16-25(24)35-3)17-30-31-26(32)18-29-27(33)21-8-5-19(2)6-9-21/h5-14,16-17H,4,15,18H2,1-3H3,(H,29,33)(H,31,32)/b30-17-. The van der Waals surface area contributed by atoms with E-state index in [1.165, 1.54) is 13.3 Å². The minimum absolute atomic E-state index is 0.228. The highest BCUT2D eigenvalue weighted by Crippen LogP contribution is 2.28. The van der Waals surface area contributed by atoms with E-state index in [2.05, 4.69) is 15.8 Å². The molecule has 3 rings (SSSR count). The first kappa shape index (κ1) is 26.9. The van der Waals surface area contributed by atoms with Gasteiger partial charge in [-0.25, -0.2) is 10.2 Å². The van der Waals surface area contributed by atoms with E-state index in [4.69, 9.17) is 14.2 Å². The van der Waals surface area contributed by atoms with Crippen molar-refractivity contribution in [3.63, 3.8) is 0 Å². The van der Waals surface area contributed by atoms with Crippen molar-refractivity contribution in [2.75, 3.05) is 20.3 Å². The third-order valence-electron chi connectivity index (χ3n) is 5.08. The lowest BCUT2D eigenvalue weighted by atomic mass is 10.1. The second kappa shape index (κ2) is 13.4. The maximum atomic E-state index is 12.5. The van der Waals surface area contributed by atoms with Gasteiger partial charge < -0.3 is 19.5 Å². The van der Waals surface area contributed by atoms with Gasteiger partial charge in [-0.15, -0.1) is 0 Å². The van der Waals surface area contributed by atoms with E-state index in [0.29, 0.717) is 34.8 Å². The van der Waals surface area contributed by atoms with Crippen LogP contribution in [-0.4, -0.2) is 44.3 Å². The summed E-state index contributed by atoms with van der Waals surface area (Å²) in [6.07, 6.45) is 2.30. The molecular formula is C28H29N3O6. The number of rotatable bonds is 11. The molecule has 0 aromatic heterocycles. The number of ether oxygens (including phenoxy) is 3. The third kappa shape index (κ3) is 8.21. The van der Waals surface area contributed by atoms with Gasteiger partial charge in [-0.3, -0.25) is 9.59 Å². The van der Waals surface area contributed by atoms with Crippen LogP contribution in [0, 0.1) is 6.92 Å². The summed E-state index contributed by atoms with van der Waals surface area (Å²) in [4.78, 5) is 36.6. The quantitative estimate of drug-likeness (QED) is 0.178. The molecule has 0 aliphatic heterocycles. The van der Waals surface area contributed by atoms with Gasteiger partial charge in [-0.05, 0) is 73.5 Å². The molecule has 2 amide bonds. The van der Waals surface area contributed by atoms with Crippen LogP contribution in [0.1, 0.15) is 45.2 Å². The Morgan fingerprint density at radius 2 is 1.62 bits per heavy atom. The zero-order valence-electron chi connectivity index (χ0n) is 20.9. The van der Waals surface area contributed by atoms with Gasteiger partial charge in [0.15, 0.2) is 11.5 Å². The first-order chi connectivity index (χ1) is 17.9. The van der Waals surface area contributed by atoms with E-state index in [1.54, 1.807) is 54.6 Å². The first-order valence-electron chi connectivity index (χ1n) is 11.7. The van der Waals surface area contributed by atoms with E-state index in [0.717, 1.165) is 12.0 Å². The molecule has 37 heavy (non-hydrogen) atoms. The van der Waals surface area contributed by atoms with E-state index in [9.17, 15) is 14.4 Å². The summed E-state index contributed by atoms with van der Waals surface area (Å²) in [6, 6.07) is 18.5. The number of carbonyl (C=O) groups is 3. The Kier molecular flexibility index (Phi) is 9.78. The molecular weight excluding hydrogens is 474 g/mol. The van der Waals surface area contributed by atoms with Crippen LogP contribution in [0.15, 0.2) is 71.8 Å². The Hall–Kier alpha value is -4.66. The summed E-state index contributed by atoms with van der Waals surface area (Å²) in [5.41, 5.74) is 4.82. The minimum Gasteiger partial charge on any atom is -0.494 e. The molecule has 0 heterocycles. The Morgan fingerprint density at radius 3 is 2.30 bits per heavy atom. The third-order valence-corrected chi connectivity index (χ3v) is 5.08. The molecule has 0 saturated carbocycles. The largest absolute Gasteiger partial charge is 0.494 e. The average molecular weight is 504 g/mol. The van der Waals surface area contributed by atoms with E-state index in [1.807, 2.05) is 26.0 Å². The van der Waals surface area contributed by atoms with Crippen LogP contribution in [0.3, 0.4) is 0 Å². The fourth-order valence-electron chi connectivity index (χ4n) is 3.10. The lowest BCUT2D eigenvalue weighted by Crippen LogP contribution is -2.34. The molecule has 0 atom stereocenters. The number of hydrogen-bond acceptors (Lipinski definition) is 7. The molecule has 0 radical (unpaired) electrons. The molecule has 0 aliphatic carbocycles. The van der Waals surface area contributed by atoms with Crippen LogP contribution in [0.4, 0.5) is 0 Å². The summed E-state index contributed by atoms with van der Waals surface area (Å²) in [7, 11) is 1.45. The van der Waals surface area contributed by atoms with Crippen LogP contribution in [0.2, 0.25) is 0 Å². The molecule has 0 spiro atoms. The first-order valence-corrected chi connectivity index (χ1v) is 11.7. The Morgan fingerprint density at radius 1 is 0.919 bits per heavy atom. The molecule has 0 saturated heterocycles. The van der Waals surface area contributed by atoms with Crippen molar-refractivity contribution in [2.24, 2.45) is 5.10 Å². The number of hydrazone groups is 1. The molecule has 0 bridgehead atoms. The van der Waals surface area contributed by atoms with Crippen LogP contribution in [0.5, 0.6) is 17.2 Å². The van der Waals surface area contributed by atoms with E-state index < -0.39 is 11.9 Å².